The zero-order chi connectivity index (χ0) is 23.9. The summed E-state index contributed by atoms with van der Waals surface area (Å²) in [7, 11) is -1.64. The predicted molar refractivity (Wildman–Crippen MR) is 123 cm³/mol. The molecule has 172 valence electrons. The fourth-order valence-electron chi connectivity index (χ4n) is 3.12. The minimum atomic E-state index is -4.41. The van der Waals surface area contributed by atoms with E-state index in [2.05, 4.69) is 28.0 Å². The molecule has 0 bridgehead atoms. The molecule has 1 aliphatic rings. The molecule has 10 heteroatoms. The Morgan fingerprint density at radius 3 is 2.28 bits per heavy atom. The first-order chi connectivity index (χ1) is 15.1. The number of aromatic nitrogens is 1. The zero-order valence-corrected chi connectivity index (χ0v) is 19.7. The lowest BCUT2D eigenvalue weighted by atomic mass is 10.1. The SMILES string of the molecule is CCN(CC)c1ccc(N2N=C(C)C(=Cc3ccc[n+](C)c3)C2=O)cc1.COS(=O)(=O)[O-]. The van der Waals surface area contributed by atoms with Crippen LogP contribution in [0, 0.1) is 0 Å². The Morgan fingerprint density at radius 1 is 1.19 bits per heavy atom. The minimum Gasteiger partial charge on any atom is -0.726 e. The number of aryl methyl sites for hydroxylation is 1. The Kier molecular flexibility index (Phi) is 8.64. The summed E-state index contributed by atoms with van der Waals surface area (Å²) in [5.41, 5.74) is 4.27. The van der Waals surface area contributed by atoms with Gasteiger partial charge in [-0.3, -0.25) is 8.98 Å². The molecular weight excluding hydrogens is 432 g/mol. The van der Waals surface area contributed by atoms with Gasteiger partial charge in [-0.15, -0.1) is 0 Å². The van der Waals surface area contributed by atoms with Crippen molar-refractivity contribution < 1.29 is 26.5 Å². The number of hydrazone groups is 1. The van der Waals surface area contributed by atoms with Crippen molar-refractivity contribution in [2.24, 2.45) is 12.1 Å². The smallest absolute Gasteiger partial charge is 0.280 e. The minimum absolute atomic E-state index is 0.0930. The van der Waals surface area contributed by atoms with Crippen LogP contribution in [0.4, 0.5) is 11.4 Å². The molecule has 0 N–H and O–H groups in total. The van der Waals surface area contributed by atoms with Gasteiger partial charge in [-0.05, 0) is 57.2 Å². The maximum Gasteiger partial charge on any atom is 0.280 e. The van der Waals surface area contributed by atoms with E-state index in [0.29, 0.717) is 5.57 Å². The van der Waals surface area contributed by atoms with Gasteiger partial charge in [-0.1, -0.05) is 0 Å². The molecule has 0 fully saturated rings. The summed E-state index contributed by atoms with van der Waals surface area (Å²) in [5, 5.41) is 5.95. The third kappa shape index (κ3) is 6.71. The first kappa shape index (κ1) is 25.2. The molecule has 0 aliphatic carbocycles. The fourth-order valence-corrected chi connectivity index (χ4v) is 3.12. The molecule has 0 unspecified atom stereocenters. The van der Waals surface area contributed by atoms with Crippen LogP contribution in [0.25, 0.3) is 6.08 Å². The molecule has 0 saturated carbocycles. The van der Waals surface area contributed by atoms with Crippen molar-refractivity contribution >= 4 is 39.5 Å². The number of hydrogen-bond donors (Lipinski definition) is 0. The Balaban J connectivity index is 0.000000534. The molecule has 3 rings (SSSR count). The Bertz CT molecular complexity index is 1110. The van der Waals surface area contributed by atoms with Gasteiger partial charge in [-0.2, -0.15) is 10.1 Å². The van der Waals surface area contributed by atoms with Crippen LogP contribution in [0.3, 0.4) is 0 Å². The van der Waals surface area contributed by atoms with Crippen molar-refractivity contribution in [2.45, 2.75) is 20.8 Å². The van der Waals surface area contributed by atoms with Crippen LogP contribution in [0.5, 0.6) is 0 Å². The fraction of sp³-hybridized carbons (Fsp3) is 0.318. The van der Waals surface area contributed by atoms with E-state index in [1.165, 1.54) is 5.01 Å². The molecule has 32 heavy (non-hydrogen) atoms. The second-order valence-corrected chi connectivity index (χ2v) is 8.08. The van der Waals surface area contributed by atoms with Crippen LogP contribution in [0.1, 0.15) is 26.3 Å². The van der Waals surface area contributed by atoms with Crippen LogP contribution in [-0.2, 0) is 26.4 Å². The first-order valence-corrected chi connectivity index (χ1v) is 11.4. The number of amides is 1. The third-order valence-corrected chi connectivity index (χ3v) is 5.17. The molecule has 0 saturated heterocycles. The van der Waals surface area contributed by atoms with Gasteiger partial charge in [0.1, 0.15) is 7.05 Å². The number of carbonyl (C=O) groups excluding carboxylic acids is 1. The molecular formula is C22H28N4O5S. The van der Waals surface area contributed by atoms with Crippen molar-refractivity contribution in [2.75, 3.05) is 30.1 Å². The summed E-state index contributed by atoms with van der Waals surface area (Å²) in [5.74, 6) is -0.0930. The van der Waals surface area contributed by atoms with E-state index < -0.39 is 10.4 Å². The van der Waals surface area contributed by atoms with Gasteiger partial charge in [0.25, 0.3) is 5.91 Å². The van der Waals surface area contributed by atoms with Crippen LogP contribution in [0.15, 0.2) is 59.5 Å². The lowest BCUT2D eigenvalue weighted by Crippen LogP contribution is -2.26. The van der Waals surface area contributed by atoms with Crippen molar-refractivity contribution in [3.05, 3.63) is 59.9 Å². The summed E-state index contributed by atoms with van der Waals surface area (Å²) in [4.78, 5) is 15.1. The Labute approximate surface area is 189 Å². The van der Waals surface area contributed by atoms with Gasteiger partial charge in [0.05, 0.1) is 24.1 Å². The van der Waals surface area contributed by atoms with Crippen molar-refractivity contribution in [3.8, 4) is 0 Å². The molecule has 1 amide bonds. The van der Waals surface area contributed by atoms with Gasteiger partial charge in [-0.25, -0.2) is 13.0 Å². The topological polar surface area (TPSA) is 106 Å². The number of benzene rings is 1. The van der Waals surface area contributed by atoms with Crippen LogP contribution in [-0.4, -0.2) is 44.8 Å². The molecule has 0 spiro atoms. The number of rotatable bonds is 6. The van der Waals surface area contributed by atoms with E-state index in [0.717, 1.165) is 42.8 Å². The van der Waals surface area contributed by atoms with Gasteiger partial charge >= 0.3 is 0 Å². The van der Waals surface area contributed by atoms with Crippen molar-refractivity contribution in [1.82, 2.24) is 0 Å². The summed E-state index contributed by atoms with van der Waals surface area (Å²) in [6, 6.07) is 11.9. The standard InChI is InChI=1S/C21H25N4O.CH4O4S/c1-5-24(6-2)18-9-11-19(12-10-18)25-21(26)20(16(3)22-25)14-17-8-7-13-23(4)15-17;1-5-6(2,3)4/h7-15H,5-6H2,1-4H3;1H3,(H,2,3,4)/q+1;/p-1. The van der Waals surface area contributed by atoms with Crippen LogP contribution < -0.4 is 14.5 Å². The Morgan fingerprint density at radius 2 is 1.78 bits per heavy atom. The van der Waals surface area contributed by atoms with Gasteiger partial charge in [0, 0.05) is 30.4 Å². The molecule has 1 aliphatic heterocycles. The lowest BCUT2D eigenvalue weighted by Gasteiger charge is -2.21. The molecule has 1 aromatic heterocycles. The highest BCUT2D eigenvalue weighted by Crippen LogP contribution is 2.27. The second-order valence-electron chi connectivity index (χ2n) is 6.93. The number of nitrogens with zero attached hydrogens (tertiary/aromatic N) is 4. The number of anilines is 2. The number of pyridine rings is 1. The van der Waals surface area contributed by atoms with E-state index in [-0.39, 0.29) is 5.91 Å². The van der Waals surface area contributed by atoms with E-state index >= 15 is 0 Å². The average Bonchev–Trinajstić information content (AvgIpc) is 3.03. The molecule has 2 aromatic rings. The largest absolute Gasteiger partial charge is 0.726 e. The lowest BCUT2D eigenvalue weighted by molar-refractivity contribution is -0.671. The summed E-state index contributed by atoms with van der Waals surface area (Å²) < 4.78 is 33.0. The maximum atomic E-state index is 12.9. The third-order valence-electron chi connectivity index (χ3n) is 4.76. The highest BCUT2D eigenvalue weighted by molar-refractivity contribution is 7.80. The molecule has 0 atom stereocenters. The van der Waals surface area contributed by atoms with Gasteiger partial charge in [0.15, 0.2) is 12.4 Å². The maximum absolute atomic E-state index is 12.9. The van der Waals surface area contributed by atoms with Crippen molar-refractivity contribution in [3.63, 3.8) is 0 Å². The summed E-state index contributed by atoms with van der Waals surface area (Å²) >= 11 is 0. The van der Waals surface area contributed by atoms with Gasteiger partial charge < -0.3 is 9.45 Å². The monoisotopic (exact) mass is 460 g/mol. The van der Waals surface area contributed by atoms with Crippen LogP contribution in [0.2, 0.25) is 0 Å². The predicted octanol–water partition coefficient (Wildman–Crippen LogP) is 2.26. The summed E-state index contributed by atoms with van der Waals surface area (Å²) in [6.07, 6.45) is 5.84. The van der Waals surface area contributed by atoms with Crippen LogP contribution >= 0.6 is 0 Å². The molecule has 0 radical (unpaired) electrons. The first-order valence-electron chi connectivity index (χ1n) is 10.0. The quantitative estimate of drug-likeness (QED) is 0.283. The molecule has 2 heterocycles. The highest BCUT2D eigenvalue weighted by atomic mass is 32.3. The number of carbonyl (C=O) groups is 1. The average molecular weight is 461 g/mol. The van der Waals surface area contributed by atoms with E-state index in [1.807, 2.05) is 73.4 Å². The molecule has 1 aromatic carbocycles. The Hall–Kier alpha value is -3.08. The molecule has 9 nitrogen and oxygen atoms in total. The van der Waals surface area contributed by atoms with Crippen molar-refractivity contribution in [1.29, 1.82) is 0 Å². The van der Waals surface area contributed by atoms with E-state index in [9.17, 15) is 17.8 Å². The van der Waals surface area contributed by atoms with Gasteiger partial charge in [0.2, 0.25) is 10.4 Å². The zero-order valence-electron chi connectivity index (χ0n) is 18.8. The number of hydrogen-bond acceptors (Lipinski definition) is 7. The van der Waals surface area contributed by atoms with E-state index in [1.54, 1.807) is 0 Å². The summed E-state index contributed by atoms with van der Waals surface area (Å²) in [6.45, 7) is 8.05. The normalized spacial score (nSPS) is 14.8. The highest BCUT2D eigenvalue weighted by Gasteiger charge is 2.28. The second kappa shape index (κ2) is 11.0. The van der Waals surface area contributed by atoms with E-state index in [4.69, 9.17) is 0 Å².